The van der Waals surface area contributed by atoms with E-state index in [1.807, 2.05) is 4.90 Å². The van der Waals surface area contributed by atoms with Crippen LogP contribution in [0.5, 0.6) is 0 Å². The Labute approximate surface area is 102 Å². The van der Waals surface area contributed by atoms with Crippen molar-refractivity contribution < 1.29 is 9.53 Å². The van der Waals surface area contributed by atoms with Crippen molar-refractivity contribution in [3.05, 3.63) is 0 Å². The maximum atomic E-state index is 11.8. The smallest absolute Gasteiger partial charge is 0.317 e. The summed E-state index contributed by atoms with van der Waals surface area (Å²) in [7, 11) is 1.64. The third-order valence-corrected chi connectivity index (χ3v) is 3.46. The summed E-state index contributed by atoms with van der Waals surface area (Å²) in [6, 6.07) is 0.724. The van der Waals surface area contributed by atoms with E-state index in [2.05, 4.69) is 15.5 Å². The molecule has 0 unspecified atom stereocenters. The van der Waals surface area contributed by atoms with Gasteiger partial charge in [0, 0.05) is 59.0 Å². The maximum Gasteiger partial charge on any atom is 0.317 e. The molecule has 0 spiro atoms. The molecule has 6 nitrogen and oxygen atoms in total. The van der Waals surface area contributed by atoms with Gasteiger partial charge in [-0.05, 0) is 0 Å². The van der Waals surface area contributed by atoms with E-state index in [0.29, 0.717) is 19.2 Å². The molecule has 0 aromatic heterocycles. The number of rotatable bonds is 4. The van der Waals surface area contributed by atoms with Crippen molar-refractivity contribution in [3.8, 4) is 0 Å². The lowest BCUT2D eigenvalue weighted by atomic mass is 10.1. The highest BCUT2D eigenvalue weighted by atomic mass is 16.5. The molecule has 6 heteroatoms. The highest BCUT2D eigenvalue weighted by Crippen LogP contribution is 2.09. The van der Waals surface area contributed by atoms with Crippen molar-refractivity contribution in [1.29, 1.82) is 0 Å². The van der Waals surface area contributed by atoms with E-state index >= 15 is 0 Å². The van der Waals surface area contributed by atoms with Gasteiger partial charge in [0.2, 0.25) is 0 Å². The molecule has 0 radical (unpaired) electrons. The molecule has 0 saturated carbocycles. The van der Waals surface area contributed by atoms with Crippen molar-refractivity contribution in [1.82, 2.24) is 20.4 Å². The molecule has 2 N–H and O–H groups in total. The van der Waals surface area contributed by atoms with E-state index in [-0.39, 0.29) is 6.03 Å². The average molecular weight is 242 g/mol. The predicted octanol–water partition coefficient (Wildman–Crippen LogP) is -1.07. The fourth-order valence-corrected chi connectivity index (χ4v) is 2.19. The predicted molar refractivity (Wildman–Crippen MR) is 65.1 cm³/mol. The van der Waals surface area contributed by atoms with Crippen LogP contribution in [-0.4, -0.2) is 81.4 Å². The Morgan fingerprint density at radius 2 is 2.06 bits per heavy atom. The second-order valence-electron chi connectivity index (χ2n) is 4.56. The zero-order valence-corrected chi connectivity index (χ0v) is 10.4. The number of nitrogens with zero attached hydrogens (tertiary/aromatic N) is 2. The molecule has 2 rings (SSSR count). The van der Waals surface area contributed by atoms with Gasteiger partial charge in [-0.1, -0.05) is 0 Å². The Morgan fingerprint density at radius 1 is 1.35 bits per heavy atom. The summed E-state index contributed by atoms with van der Waals surface area (Å²) in [6.07, 6.45) is 0. The molecule has 0 atom stereocenters. The van der Waals surface area contributed by atoms with Crippen LogP contribution in [0.4, 0.5) is 4.79 Å². The lowest BCUT2D eigenvalue weighted by Gasteiger charge is -2.43. The van der Waals surface area contributed by atoms with Crippen LogP contribution in [0, 0.1) is 0 Å². The van der Waals surface area contributed by atoms with Gasteiger partial charge in [0.15, 0.2) is 0 Å². The molecular formula is C11H22N4O2. The number of carbonyl (C=O) groups is 1. The number of hydrogen-bond acceptors (Lipinski definition) is 4. The number of urea groups is 1. The Bertz CT molecular complexity index is 250. The van der Waals surface area contributed by atoms with Gasteiger partial charge >= 0.3 is 6.03 Å². The van der Waals surface area contributed by atoms with E-state index in [1.165, 1.54) is 0 Å². The van der Waals surface area contributed by atoms with Gasteiger partial charge in [-0.15, -0.1) is 0 Å². The number of methoxy groups -OCH3 is 1. The Morgan fingerprint density at radius 3 is 2.59 bits per heavy atom. The van der Waals surface area contributed by atoms with Gasteiger partial charge in [0.25, 0.3) is 0 Å². The monoisotopic (exact) mass is 242 g/mol. The van der Waals surface area contributed by atoms with E-state index < -0.39 is 0 Å². The minimum absolute atomic E-state index is 0.0356. The molecule has 2 heterocycles. The van der Waals surface area contributed by atoms with Gasteiger partial charge in [-0.25, -0.2) is 4.79 Å². The summed E-state index contributed by atoms with van der Waals surface area (Å²) in [6.45, 7) is 6.99. The standard InChI is InChI=1S/C11H22N4O2/c1-17-7-2-13-11(16)15-5-3-14(4-6-15)10-8-12-9-10/h10,12H,2-9H2,1H3,(H,13,16). The quantitative estimate of drug-likeness (QED) is 0.617. The van der Waals surface area contributed by atoms with Gasteiger partial charge < -0.3 is 20.3 Å². The first-order valence-corrected chi connectivity index (χ1v) is 6.27. The Hall–Kier alpha value is -0.850. The van der Waals surface area contributed by atoms with E-state index in [4.69, 9.17) is 4.74 Å². The molecule has 0 bridgehead atoms. The molecule has 0 aliphatic carbocycles. The van der Waals surface area contributed by atoms with Crippen LogP contribution in [-0.2, 0) is 4.74 Å². The van der Waals surface area contributed by atoms with Crippen molar-refractivity contribution >= 4 is 6.03 Å². The molecule has 2 aliphatic rings. The third-order valence-electron chi connectivity index (χ3n) is 3.46. The van der Waals surface area contributed by atoms with E-state index in [1.54, 1.807) is 7.11 Å². The minimum atomic E-state index is 0.0356. The molecule has 0 aromatic carbocycles. The second-order valence-corrected chi connectivity index (χ2v) is 4.56. The minimum Gasteiger partial charge on any atom is -0.383 e. The van der Waals surface area contributed by atoms with Crippen LogP contribution < -0.4 is 10.6 Å². The number of piperazine rings is 1. The molecule has 17 heavy (non-hydrogen) atoms. The van der Waals surface area contributed by atoms with Crippen LogP contribution in [0.3, 0.4) is 0 Å². The highest BCUT2D eigenvalue weighted by molar-refractivity contribution is 5.74. The van der Waals surface area contributed by atoms with E-state index in [0.717, 1.165) is 39.3 Å². The largest absolute Gasteiger partial charge is 0.383 e. The normalized spacial score (nSPS) is 22.3. The van der Waals surface area contributed by atoms with E-state index in [9.17, 15) is 4.79 Å². The molecule has 2 saturated heterocycles. The first-order valence-electron chi connectivity index (χ1n) is 6.27. The molecule has 98 valence electrons. The van der Waals surface area contributed by atoms with Gasteiger partial charge in [-0.2, -0.15) is 0 Å². The first kappa shape index (κ1) is 12.6. The number of nitrogens with one attached hydrogen (secondary N) is 2. The van der Waals surface area contributed by atoms with Gasteiger partial charge in [0.1, 0.15) is 0 Å². The fourth-order valence-electron chi connectivity index (χ4n) is 2.19. The highest BCUT2D eigenvalue weighted by Gasteiger charge is 2.28. The number of hydrogen-bond donors (Lipinski definition) is 2. The maximum absolute atomic E-state index is 11.8. The average Bonchev–Trinajstić information content (AvgIpc) is 2.28. The lowest BCUT2D eigenvalue weighted by Crippen LogP contribution is -2.62. The molecule has 2 amide bonds. The number of carbonyl (C=O) groups excluding carboxylic acids is 1. The van der Waals surface area contributed by atoms with Gasteiger partial charge in [-0.3, -0.25) is 4.90 Å². The summed E-state index contributed by atoms with van der Waals surface area (Å²) in [5.74, 6) is 0. The third kappa shape index (κ3) is 3.31. The van der Waals surface area contributed by atoms with Crippen LogP contribution in [0.25, 0.3) is 0 Å². The zero-order valence-electron chi connectivity index (χ0n) is 10.4. The molecule has 2 fully saturated rings. The molecule has 0 aromatic rings. The SMILES string of the molecule is COCCNC(=O)N1CCN(C2CNC2)CC1. The number of amides is 2. The van der Waals surface area contributed by atoms with Crippen LogP contribution in [0.2, 0.25) is 0 Å². The van der Waals surface area contributed by atoms with Crippen molar-refractivity contribution in [2.75, 3.05) is 59.5 Å². The summed E-state index contributed by atoms with van der Waals surface area (Å²) >= 11 is 0. The molecular weight excluding hydrogens is 220 g/mol. The van der Waals surface area contributed by atoms with Crippen LogP contribution in [0.1, 0.15) is 0 Å². The van der Waals surface area contributed by atoms with Gasteiger partial charge in [0.05, 0.1) is 6.61 Å². The van der Waals surface area contributed by atoms with Crippen molar-refractivity contribution in [3.63, 3.8) is 0 Å². The molecule has 2 aliphatic heterocycles. The summed E-state index contributed by atoms with van der Waals surface area (Å²) in [5.41, 5.74) is 0. The lowest BCUT2D eigenvalue weighted by molar-refractivity contribution is 0.0837. The second kappa shape index (κ2) is 6.18. The summed E-state index contributed by atoms with van der Waals surface area (Å²) < 4.78 is 4.90. The topological polar surface area (TPSA) is 56.8 Å². The van der Waals surface area contributed by atoms with Crippen molar-refractivity contribution in [2.45, 2.75) is 6.04 Å². The van der Waals surface area contributed by atoms with Crippen LogP contribution in [0.15, 0.2) is 0 Å². The fraction of sp³-hybridized carbons (Fsp3) is 0.909. The zero-order chi connectivity index (χ0) is 12.1. The first-order chi connectivity index (χ1) is 8.31. The summed E-state index contributed by atoms with van der Waals surface area (Å²) in [5, 5.41) is 6.13. The van der Waals surface area contributed by atoms with Crippen LogP contribution >= 0.6 is 0 Å². The van der Waals surface area contributed by atoms with Crippen molar-refractivity contribution in [2.24, 2.45) is 0 Å². The number of ether oxygens (including phenoxy) is 1. The Kier molecular flexibility index (Phi) is 4.58. The summed E-state index contributed by atoms with van der Waals surface area (Å²) in [4.78, 5) is 16.1. The Balaban J connectivity index is 1.65.